The number of amides is 1. The fourth-order valence-electron chi connectivity index (χ4n) is 1.78. The molecule has 0 aromatic carbocycles. The van der Waals surface area contributed by atoms with Crippen LogP contribution in [0.4, 0.5) is 11.5 Å². The summed E-state index contributed by atoms with van der Waals surface area (Å²) < 4.78 is 7.30. The van der Waals surface area contributed by atoms with E-state index in [1.165, 1.54) is 12.4 Å². The zero-order valence-corrected chi connectivity index (χ0v) is 14.6. The minimum Gasteiger partial charge on any atom is -0.364 e. The molecule has 0 bridgehead atoms. The Morgan fingerprint density at radius 1 is 1.35 bits per heavy atom. The van der Waals surface area contributed by atoms with Crippen LogP contribution >= 0.6 is 0 Å². The number of primary amides is 1. The number of ether oxygens (including phenoxy) is 1. The van der Waals surface area contributed by atoms with Gasteiger partial charge in [-0.25, -0.2) is 14.6 Å². The van der Waals surface area contributed by atoms with E-state index < -0.39 is 14.0 Å². The van der Waals surface area contributed by atoms with Crippen LogP contribution in [0, 0.1) is 0 Å². The molecule has 0 radical (unpaired) electrons. The lowest BCUT2D eigenvalue weighted by Gasteiger charge is -2.15. The third-order valence-electron chi connectivity index (χ3n) is 3.05. The minimum atomic E-state index is -1.08. The average Bonchev–Trinajstić information content (AvgIpc) is 2.90. The largest absolute Gasteiger partial charge is 0.364 e. The summed E-state index contributed by atoms with van der Waals surface area (Å²) in [4.78, 5) is 19.3. The van der Waals surface area contributed by atoms with Gasteiger partial charge in [0.15, 0.2) is 11.5 Å². The standard InChI is InChI=1S/C14H22N6O2Si/c1-23(2,3)7-6-22-10-20-9-11(8-18-20)19-14-12(13(15)21)16-4-5-17-14/h4-5,8-9H,6-7,10H2,1-3H3,(H2,15,21)(H,17,19). The van der Waals surface area contributed by atoms with Gasteiger partial charge in [-0.2, -0.15) is 5.10 Å². The fourth-order valence-corrected chi connectivity index (χ4v) is 2.54. The van der Waals surface area contributed by atoms with Crippen molar-refractivity contribution in [3.05, 3.63) is 30.5 Å². The fraction of sp³-hybridized carbons (Fsp3) is 0.429. The number of rotatable bonds is 8. The minimum absolute atomic E-state index is 0.0895. The molecule has 0 unspecified atom stereocenters. The smallest absolute Gasteiger partial charge is 0.271 e. The van der Waals surface area contributed by atoms with E-state index in [0.717, 1.165) is 12.7 Å². The summed E-state index contributed by atoms with van der Waals surface area (Å²) in [6, 6.07) is 1.11. The molecule has 2 heterocycles. The summed E-state index contributed by atoms with van der Waals surface area (Å²) in [6.45, 7) is 8.04. The normalized spacial score (nSPS) is 11.4. The van der Waals surface area contributed by atoms with Gasteiger partial charge in [-0.05, 0) is 6.04 Å². The van der Waals surface area contributed by atoms with Gasteiger partial charge in [0.2, 0.25) is 0 Å². The maximum Gasteiger partial charge on any atom is 0.271 e. The summed E-state index contributed by atoms with van der Waals surface area (Å²) >= 11 is 0. The van der Waals surface area contributed by atoms with E-state index in [-0.39, 0.29) is 5.69 Å². The van der Waals surface area contributed by atoms with E-state index >= 15 is 0 Å². The van der Waals surface area contributed by atoms with Gasteiger partial charge in [0, 0.05) is 27.1 Å². The van der Waals surface area contributed by atoms with Gasteiger partial charge in [0.1, 0.15) is 6.73 Å². The van der Waals surface area contributed by atoms with E-state index in [1.807, 2.05) is 0 Å². The number of hydrogen-bond donors (Lipinski definition) is 2. The highest BCUT2D eigenvalue weighted by Gasteiger charge is 2.13. The highest BCUT2D eigenvalue weighted by atomic mass is 28.3. The van der Waals surface area contributed by atoms with E-state index in [0.29, 0.717) is 18.2 Å². The van der Waals surface area contributed by atoms with Crippen molar-refractivity contribution in [2.45, 2.75) is 32.4 Å². The molecule has 2 aromatic rings. The van der Waals surface area contributed by atoms with E-state index in [4.69, 9.17) is 10.5 Å². The maximum atomic E-state index is 11.3. The third-order valence-corrected chi connectivity index (χ3v) is 4.75. The molecule has 0 fully saturated rings. The first-order valence-corrected chi connectivity index (χ1v) is 11.0. The third kappa shape index (κ3) is 5.46. The van der Waals surface area contributed by atoms with Crippen molar-refractivity contribution in [1.29, 1.82) is 0 Å². The molecule has 0 saturated heterocycles. The van der Waals surface area contributed by atoms with Crippen molar-refractivity contribution < 1.29 is 9.53 Å². The van der Waals surface area contributed by atoms with Crippen LogP contribution < -0.4 is 11.1 Å². The first-order chi connectivity index (χ1) is 10.8. The zero-order chi connectivity index (χ0) is 16.9. The summed E-state index contributed by atoms with van der Waals surface area (Å²) in [5, 5.41) is 7.18. The lowest BCUT2D eigenvalue weighted by molar-refractivity contribution is 0.0786. The highest BCUT2D eigenvalue weighted by molar-refractivity contribution is 6.76. The van der Waals surface area contributed by atoms with Crippen LogP contribution in [0.25, 0.3) is 0 Å². The van der Waals surface area contributed by atoms with Crippen molar-refractivity contribution >= 4 is 25.5 Å². The van der Waals surface area contributed by atoms with Crippen molar-refractivity contribution in [1.82, 2.24) is 19.7 Å². The van der Waals surface area contributed by atoms with Crippen molar-refractivity contribution in [3.63, 3.8) is 0 Å². The van der Waals surface area contributed by atoms with E-state index in [9.17, 15) is 4.79 Å². The Hall–Kier alpha value is -2.26. The Bertz CT molecular complexity index is 667. The summed E-state index contributed by atoms with van der Waals surface area (Å²) in [6.07, 6.45) is 6.30. The van der Waals surface area contributed by atoms with E-state index in [2.05, 4.69) is 40.0 Å². The first kappa shape index (κ1) is 17.1. The average molecular weight is 334 g/mol. The number of nitrogens with two attached hydrogens (primary N) is 1. The van der Waals surface area contributed by atoms with E-state index in [1.54, 1.807) is 17.1 Å². The second-order valence-electron chi connectivity index (χ2n) is 6.36. The van der Waals surface area contributed by atoms with Crippen LogP contribution in [0.5, 0.6) is 0 Å². The summed E-state index contributed by atoms with van der Waals surface area (Å²) in [5.41, 5.74) is 6.04. The summed E-state index contributed by atoms with van der Waals surface area (Å²) in [7, 11) is -1.08. The molecule has 124 valence electrons. The lowest BCUT2D eigenvalue weighted by atomic mass is 10.3. The Morgan fingerprint density at radius 3 is 2.78 bits per heavy atom. The van der Waals surface area contributed by atoms with Gasteiger partial charge in [-0.3, -0.25) is 4.79 Å². The molecule has 9 heteroatoms. The number of anilines is 2. The molecule has 0 aliphatic carbocycles. The Balaban J connectivity index is 1.91. The maximum absolute atomic E-state index is 11.3. The number of carbonyl (C=O) groups excluding carboxylic acids is 1. The SMILES string of the molecule is C[Si](C)(C)CCOCn1cc(Nc2nccnc2C(N)=O)cn1. The van der Waals surface area contributed by atoms with Gasteiger partial charge >= 0.3 is 0 Å². The first-order valence-electron chi connectivity index (χ1n) is 7.33. The van der Waals surface area contributed by atoms with Crippen LogP contribution in [0.3, 0.4) is 0 Å². The van der Waals surface area contributed by atoms with Gasteiger partial charge < -0.3 is 15.8 Å². The Morgan fingerprint density at radius 2 is 2.09 bits per heavy atom. The molecule has 1 amide bonds. The van der Waals surface area contributed by atoms with Gasteiger partial charge in [-0.15, -0.1) is 0 Å². The predicted molar refractivity (Wildman–Crippen MR) is 90.2 cm³/mol. The molecular formula is C14H22N6O2Si. The molecule has 2 aromatic heterocycles. The molecule has 23 heavy (non-hydrogen) atoms. The molecule has 2 rings (SSSR count). The summed E-state index contributed by atoms with van der Waals surface area (Å²) in [5.74, 6) is -0.332. The second kappa shape index (κ2) is 7.33. The van der Waals surface area contributed by atoms with Gasteiger partial charge in [-0.1, -0.05) is 19.6 Å². The number of aromatic nitrogens is 4. The van der Waals surface area contributed by atoms with Gasteiger partial charge in [0.25, 0.3) is 5.91 Å². The second-order valence-corrected chi connectivity index (χ2v) is 12.0. The number of carbonyl (C=O) groups is 1. The topological polar surface area (TPSA) is 108 Å². The molecule has 0 aliphatic rings. The molecule has 3 N–H and O–H groups in total. The van der Waals surface area contributed by atoms with Crippen LogP contribution in [-0.2, 0) is 11.5 Å². The van der Waals surface area contributed by atoms with Crippen LogP contribution in [0.1, 0.15) is 10.5 Å². The number of nitrogens with zero attached hydrogens (tertiary/aromatic N) is 4. The van der Waals surface area contributed by atoms with Crippen LogP contribution in [0.2, 0.25) is 25.7 Å². The monoisotopic (exact) mass is 334 g/mol. The lowest BCUT2D eigenvalue weighted by Crippen LogP contribution is -2.22. The van der Waals surface area contributed by atoms with Crippen molar-refractivity contribution in [2.24, 2.45) is 5.73 Å². The molecular weight excluding hydrogens is 312 g/mol. The Kier molecular flexibility index (Phi) is 5.45. The molecule has 0 spiro atoms. The number of nitrogens with one attached hydrogen (secondary N) is 1. The molecule has 0 atom stereocenters. The van der Waals surface area contributed by atoms with Crippen molar-refractivity contribution in [3.8, 4) is 0 Å². The Labute approximate surface area is 136 Å². The molecule has 0 saturated carbocycles. The quantitative estimate of drug-likeness (QED) is 0.563. The highest BCUT2D eigenvalue weighted by Crippen LogP contribution is 2.16. The predicted octanol–water partition coefficient (Wildman–Crippen LogP) is 1.83. The van der Waals surface area contributed by atoms with Crippen LogP contribution in [-0.4, -0.2) is 40.3 Å². The molecule has 8 nitrogen and oxygen atoms in total. The van der Waals surface area contributed by atoms with Crippen LogP contribution in [0.15, 0.2) is 24.8 Å². The zero-order valence-electron chi connectivity index (χ0n) is 13.6. The van der Waals surface area contributed by atoms with Gasteiger partial charge in [0.05, 0.1) is 18.1 Å². The van der Waals surface area contributed by atoms with Crippen molar-refractivity contribution in [2.75, 3.05) is 11.9 Å². The number of hydrogen-bond acceptors (Lipinski definition) is 6. The molecule has 0 aliphatic heterocycles.